The van der Waals surface area contributed by atoms with Gasteiger partial charge in [-0.05, 0) is 19.1 Å². The van der Waals surface area contributed by atoms with Gasteiger partial charge in [-0.15, -0.1) is 6.42 Å². The fraction of sp³-hybridized carbons (Fsp3) is 0.182. The maximum absolute atomic E-state index is 13.9. The van der Waals surface area contributed by atoms with Crippen LogP contribution in [0.15, 0.2) is 21.5 Å². The fourth-order valence-corrected chi connectivity index (χ4v) is 3.14. The minimum atomic E-state index is -4.24. The highest BCUT2D eigenvalue weighted by Gasteiger charge is 2.25. The van der Waals surface area contributed by atoms with Crippen LogP contribution in [-0.4, -0.2) is 25.5 Å². The van der Waals surface area contributed by atoms with Gasteiger partial charge in [0.15, 0.2) is 5.82 Å². The second-order valence-corrected chi connectivity index (χ2v) is 6.18. The van der Waals surface area contributed by atoms with E-state index in [1.807, 2.05) is 4.72 Å². The van der Waals surface area contributed by atoms with Crippen LogP contribution in [0, 0.1) is 18.2 Å². The molecule has 0 aliphatic heterocycles. The molecule has 0 aromatic heterocycles. The Morgan fingerprint density at radius 1 is 1.58 bits per heavy atom. The lowest BCUT2D eigenvalue weighted by atomic mass is 10.2. The lowest BCUT2D eigenvalue weighted by Gasteiger charge is -2.11. The third-order valence-electron chi connectivity index (χ3n) is 2.11. The fourth-order valence-electron chi connectivity index (χ4n) is 1.25. The molecule has 1 atom stereocenters. The summed E-state index contributed by atoms with van der Waals surface area (Å²) in [5.74, 6) is -0.788. The highest BCUT2D eigenvalue weighted by Crippen LogP contribution is 2.24. The molecule has 1 aromatic rings. The Labute approximate surface area is 118 Å². The number of aromatic carboxylic acids is 1. The molecule has 0 spiro atoms. The molecule has 0 saturated carbocycles. The van der Waals surface area contributed by atoms with Crippen LogP contribution in [0.1, 0.15) is 17.3 Å². The molecule has 0 aliphatic rings. The molecule has 0 saturated heterocycles. The summed E-state index contributed by atoms with van der Waals surface area (Å²) in [5, 5.41) is 8.80. The van der Waals surface area contributed by atoms with Crippen molar-refractivity contribution in [3.63, 3.8) is 0 Å². The van der Waals surface area contributed by atoms with E-state index in [0.717, 1.165) is 12.1 Å². The number of hydrogen-bond donors (Lipinski definition) is 2. The zero-order valence-electron chi connectivity index (χ0n) is 9.65. The molecule has 0 radical (unpaired) electrons. The van der Waals surface area contributed by atoms with Gasteiger partial charge in [0.05, 0.1) is 11.6 Å². The SMILES string of the molecule is C#CC(C)NS(=O)(=O)c1cc(Br)cc(C(=O)O)c1F. The number of carbonyl (C=O) groups is 1. The van der Waals surface area contributed by atoms with Crippen LogP contribution in [0.5, 0.6) is 0 Å². The second-order valence-electron chi connectivity index (χ2n) is 3.58. The van der Waals surface area contributed by atoms with Crippen LogP contribution in [0.25, 0.3) is 0 Å². The van der Waals surface area contributed by atoms with Gasteiger partial charge < -0.3 is 5.11 Å². The number of benzene rings is 1. The summed E-state index contributed by atoms with van der Waals surface area (Å²) >= 11 is 2.93. The van der Waals surface area contributed by atoms with Crippen LogP contribution in [0.4, 0.5) is 4.39 Å². The zero-order chi connectivity index (χ0) is 14.8. The van der Waals surface area contributed by atoms with Crippen molar-refractivity contribution in [1.29, 1.82) is 0 Å². The Morgan fingerprint density at radius 2 is 2.16 bits per heavy atom. The number of carboxylic acids is 1. The first kappa shape index (κ1) is 15.6. The maximum Gasteiger partial charge on any atom is 0.338 e. The summed E-state index contributed by atoms with van der Waals surface area (Å²) in [6.45, 7) is 1.39. The summed E-state index contributed by atoms with van der Waals surface area (Å²) in [4.78, 5) is 10.0. The number of halogens is 2. The lowest BCUT2D eigenvalue weighted by molar-refractivity contribution is 0.0691. The number of sulfonamides is 1. The lowest BCUT2D eigenvalue weighted by Crippen LogP contribution is -2.32. The first-order valence-electron chi connectivity index (χ1n) is 4.90. The predicted molar refractivity (Wildman–Crippen MR) is 69.7 cm³/mol. The first-order chi connectivity index (χ1) is 8.69. The Balaban J connectivity index is 3.44. The van der Waals surface area contributed by atoms with Crippen LogP contribution in [0.3, 0.4) is 0 Å². The first-order valence-corrected chi connectivity index (χ1v) is 7.17. The average Bonchev–Trinajstić information content (AvgIpc) is 2.30. The van der Waals surface area contributed by atoms with Crippen molar-refractivity contribution >= 4 is 31.9 Å². The van der Waals surface area contributed by atoms with Gasteiger partial charge >= 0.3 is 5.97 Å². The number of hydrogen-bond acceptors (Lipinski definition) is 3. The number of nitrogens with one attached hydrogen (secondary N) is 1. The van der Waals surface area contributed by atoms with Crippen molar-refractivity contribution in [2.24, 2.45) is 0 Å². The smallest absolute Gasteiger partial charge is 0.338 e. The molecule has 5 nitrogen and oxygen atoms in total. The van der Waals surface area contributed by atoms with Crippen LogP contribution < -0.4 is 4.72 Å². The van der Waals surface area contributed by atoms with Gasteiger partial charge in [-0.1, -0.05) is 21.9 Å². The number of terminal acetylenes is 1. The van der Waals surface area contributed by atoms with Gasteiger partial charge in [0.2, 0.25) is 10.0 Å². The predicted octanol–water partition coefficient (Wildman–Crippen LogP) is 1.59. The minimum absolute atomic E-state index is 0.125. The van der Waals surface area contributed by atoms with E-state index in [-0.39, 0.29) is 4.47 Å². The van der Waals surface area contributed by atoms with E-state index in [1.165, 1.54) is 6.92 Å². The molecule has 102 valence electrons. The molecular formula is C11H9BrFNO4S. The Kier molecular flexibility index (Phi) is 4.68. The van der Waals surface area contributed by atoms with E-state index < -0.39 is 38.3 Å². The third kappa shape index (κ3) is 3.53. The Hall–Kier alpha value is -1.43. The molecule has 1 rings (SSSR count). The largest absolute Gasteiger partial charge is 0.478 e. The van der Waals surface area contributed by atoms with Gasteiger partial charge in [-0.25, -0.2) is 17.6 Å². The molecule has 0 amide bonds. The molecule has 1 aromatic carbocycles. The standard InChI is InChI=1S/C11H9BrFNO4S/c1-3-6(2)14-19(17,18)9-5-7(12)4-8(10(9)13)11(15)16/h1,4-6,14H,2H3,(H,15,16). The highest BCUT2D eigenvalue weighted by molar-refractivity contribution is 9.10. The highest BCUT2D eigenvalue weighted by atomic mass is 79.9. The van der Waals surface area contributed by atoms with Gasteiger partial charge in [-0.3, -0.25) is 0 Å². The topological polar surface area (TPSA) is 83.5 Å². The maximum atomic E-state index is 13.9. The van der Waals surface area contributed by atoms with E-state index in [1.54, 1.807) is 0 Å². The van der Waals surface area contributed by atoms with Gasteiger partial charge in [-0.2, -0.15) is 4.72 Å². The normalized spacial score (nSPS) is 12.7. The summed E-state index contributed by atoms with van der Waals surface area (Å²) in [6, 6.07) is 1.09. The van der Waals surface area contributed by atoms with E-state index >= 15 is 0 Å². The monoisotopic (exact) mass is 349 g/mol. The molecule has 2 N–H and O–H groups in total. The summed E-state index contributed by atoms with van der Waals surface area (Å²) in [7, 11) is -4.24. The van der Waals surface area contributed by atoms with Gasteiger partial charge in [0.25, 0.3) is 0 Å². The van der Waals surface area contributed by atoms with E-state index in [4.69, 9.17) is 11.5 Å². The van der Waals surface area contributed by atoms with Crippen molar-refractivity contribution in [2.75, 3.05) is 0 Å². The summed E-state index contributed by atoms with van der Waals surface area (Å²) in [5.41, 5.74) is -0.747. The molecule has 0 fully saturated rings. The van der Waals surface area contributed by atoms with E-state index in [0.29, 0.717) is 0 Å². The van der Waals surface area contributed by atoms with E-state index in [2.05, 4.69) is 21.9 Å². The molecule has 0 bridgehead atoms. The Morgan fingerprint density at radius 3 is 2.63 bits per heavy atom. The summed E-state index contributed by atoms with van der Waals surface area (Å²) < 4.78 is 39.8. The summed E-state index contributed by atoms with van der Waals surface area (Å²) in [6.07, 6.45) is 5.03. The van der Waals surface area contributed by atoms with Crippen molar-refractivity contribution in [3.8, 4) is 12.3 Å². The van der Waals surface area contributed by atoms with Gasteiger partial charge in [0.1, 0.15) is 4.90 Å². The quantitative estimate of drug-likeness (QED) is 0.808. The minimum Gasteiger partial charge on any atom is -0.478 e. The van der Waals surface area contributed by atoms with Crippen molar-refractivity contribution in [3.05, 3.63) is 28.0 Å². The zero-order valence-corrected chi connectivity index (χ0v) is 12.0. The molecule has 19 heavy (non-hydrogen) atoms. The number of rotatable bonds is 4. The van der Waals surface area contributed by atoms with Crippen molar-refractivity contribution < 1.29 is 22.7 Å². The van der Waals surface area contributed by atoms with Crippen LogP contribution in [0.2, 0.25) is 0 Å². The average molecular weight is 350 g/mol. The van der Waals surface area contributed by atoms with Gasteiger partial charge in [0, 0.05) is 4.47 Å². The Bertz CT molecular complexity index is 666. The molecule has 0 heterocycles. The molecule has 1 unspecified atom stereocenters. The van der Waals surface area contributed by atoms with Crippen LogP contribution >= 0.6 is 15.9 Å². The second kappa shape index (κ2) is 5.69. The van der Waals surface area contributed by atoms with Crippen molar-refractivity contribution in [2.45, 2.75) is 17.9 Å². The third-order valence-corrected chi connectivity index (χ3v) is 4.10. The van der Waals surface area contributed by atoms with Crippen molar-refractivity contribution in [1.82, 2.24) is 4.72 Å². The molecular weight excluding hydrogens is 341 g/mol. The number of carboxylic acid groups (broad SMARTS) is 1. The van der Waals surface area contributed by atoms with E-state index in [9.17, 15) is 17.6 Å². The molecule has 8 heteroatoms. The van der Waals surface area contributed by atoms with Crippen LogP contribution in [-0.2, 0) is 10.0 Å². The molecule has 0 aliphatic carbocycles.